The second kappa shape index (κ2) is 6.17. The summed E-state index contributed by atoms with van der Waals surface area (Å²) in [4.78, 5) is 32.4. The number of aromatic amines is 1. The standard InChI is InChI=1S/C14H16N4O2S/c19-13(7-18-9-21-8-14(18)20)15-6-5-12-16-10-3-1-2-4-11(10)17-12/h1-4H,5-9H2,(H,15,19)(H,16,17). The van der Waals surface area contributed by atoms with Crippen molar-refractivity contribution in [1.82, 2.24) is 20.2 Å². The van der Waals surface area contributed by atoms with Gasteiger partial charge in [0.05, 0.1) is 22.7 Å². The summed E-state index contributed by atoms with van der Waals surface area (Å²) in [6.07, 6.45) is 0.642. The highest BCUT2D eigenvalue weighted by Gasteiger charge is 2.22. The second-order valence-electron chi connectivity index (χ2n) is 4.87. The summed E-state index contributed by atoms with van der Waals surface area (Å²) in [5, 5.41) is 2.82. The average Bonchev–Trinajstić information content (AvgIpc) is 3.05. The van der Waals surface area contributed by atoms with Gasteiger partial charge in [-0.15, -0.1) is 11.8 Å². The van der Waals surface area contributed by atoms with Crippen LogP contribution in [0.4, 0.5) is 0 Å². The normalized spacial score (nSPS) is 14.9. The number of hydrogen-bond acceptors (Lipinski definition) is 4. The Kier molecular flexibility index (Phi) is 4.10. The van der Waals surface area contributed by atoms with Gasteiger partial charge in [-0.05, 0) is 12.1 Å². The quantitative estimate of drug-likeness (QED) is 0.854. The van der Waals surface area contributed by atoms with Crippen molar-refractivity contribution in [3.8, 4) is 0 Å². The molecule has 2 aromatic rings. The minimum absolute atomic E-state index is 0.0347. The van der Waals surface area contributed by atoms with Crippen molar-refractivity contribution >= 4 is 34.6 Å². The van der Waals surface area contributed by atoms with Crippen molar-refractivity contribution < 1.29 is 9.59 Å². The van der Waals surface area contributed by atoms with Crippen LogP contribution in [-0.2, 0) is 16.0 Å². The fraction of sp³-hybridized carbons (Fsp3) is 0.357. The van der Waals surface area contributed by atoms with Gasteiger partial charge in [-0.25, -0.2) is 4.98 Å². The summed E-state index contributed by atoms with van der Waals surface area (Å²) in [5.74, 6) is 1.85. The van der Waals surface area contributed by atoms with E-state index >= 15 is 0 Å². The van der Waals surface area contributed by atoms with E-state index in [1.807, 2.05) is 24.3 Å². The molecule has 0 atom stereocenters. The van der Waals surface area contributed by atoms with E-state index in [0.717, 1.165) is 16.9 Å². The van der Waals surface area contributed by atoms with Crippen LogP contribution in [0.3, 0.4) is 0 Å². The Morgan fingerprint density at radius 2 is 2.29 bits per heavy atom. The van der Waals surface area contributed by atoms with Crippen molar-refractivity contribution in [2.24, 2.45) is 0 Å². The van der Waals surface area contributed by atoms with Gasteiger partial charge in [-0.2, -0.15) is 0 Å². The largest absolute Gasteiger partial charge is 0.354 e. The molecule has 1 aliphatic heterocycles. The van der Waals surface area contributed by atoms with Crippen LogP contribution in [0.5, 0.6) is 0 Å². The highest BCUT2D eigenvalue weighted by atomic mass is 32.2. The van der Waals surface area contributed by atoms with Crippen molar-refractivity contribution in [2.45, 2.75) is 6.42 Å². The lowest BCUT2D eigenvalue weighted by Gasteiger charge is -2.13. The third kappa shape index (κ3) is 3.36. The molecule has 0 saturated carbocycles. The van der Waals surface area contributed by atoms with Crippen LogP contribution >= 0.6 is 11.8 Å². The molecule has 1 aliphatic rings. The fourth-order valence-electron chi connectivity index (χ4n) is 2.21. The number of aromatic nitrogens is 2. The maximum atomic E-state index is 11.8. The predicted molar refractivity (Wildman–Crippen MR) is 81.8 cm³/mol. The molecule has 7 heteroatoms. The molecule has 21 heavy (non-hydrogen) atoms. The van der Waals surface area contributed by atoms with Crippen molar-refractivity contribution in [3.05, 3.63) is 30.1 Å². The van der Waals surface area contributed by atoms with Gasteiger partial charge in [0.25, 0.3) is 0 Å². The van der Waals surface area contributed by atoms with Crippen LogP contribution in [0.2, 0.25) is 0 Å². The molecule has 0 radical (unpaired) electrons. The number of para-hydroxylation sites is 2. The Hall–Kier alpha value is -2.02. The first kappa shape index (κ1) is 13.9. The smallest absolute Gasteiger partial charge is 0.239 e. The molecule has 0 unspecified atom stereocenters. The lowest BCUT2D eigenvalue weighted by molar-refractivity contribution is -0.132. The third-order valence-electron chi connectivity index (χ3n) is 3.28. The first-order valence-electron chi connectivity index (χ1n) is 6.78. The van der Waals surface area contributed by atoms with E-state index in [1.54, 1.807) is 4.90 Å². The second-order valence-corrected chi connectivity index (χ2v) is 5.82. The van der Waals surface area contributed by atoms with Crippen LogP contribution in [0, 0.1) is 0 Å². The van der Waals surface area contributed by atoms with E-state index in [2.05, 4.69) is 15.3 Å². The molecular formula is C14H16N4O2S. The molecule has 1 saturated heterocycles. The number of hydrogen-bond donors (Lipinski definition) is 2. The number of fused-ring (bicyclic) bond motifs is 1. The molecule has 2 N–H and O–H groups in total. The highest BCUT2D eigenvalue weighted by Crippen LogP contribution is 2.14. The Morgan fingerprint density at radius 1 is 1.43 bits per heavy atom. The molecule has 1 aromatic heterocycles. The molecule has 3 rings (SSSR count). The van der Waals surface area contributed by atoms with E-state index in [4.69, 9.17) is 0 Å². The summed E-state index contributed by atoms with van der Waals surface area (Å²) in [5.41, 5.74) is 1.93. The van der Waals surface area contributed by atoms with Gasteiger partial charge in [0.1, 0.15) is 12.4 Å². The Morgan fingerprint density at radius 3 is 3.05 bits per heavy atom. The summed E-state index contributed by atoms with van der Waals surface area (Å²) in [6.45, 7) is 0.653. The minimum atomic E-state index is -0.123. The van der Waals surface area contributed by atoms with Crippen LogP contribution in [-0.4, -0.2) is 51.4 Å². The number of nitrogens with one attached hydrogen (secondary N) is 2. The van der Waals surface area contributed by atoms with Gasteiger partial charge in [0.2, 0.25) is 11.8 Å². The number of benzene rings is 1. The fourth-order valence-corrected chi connectivity index (χ4v) is 3.12. The van der Waals surface area contributed by atoms with Crippen LogP contribution in [0.25, 0.3) is 11.0 Å². The number of carbonyl (C=O) groups excluding carboxylic acids is 2. The topological polar surface area (TPSA) is 78.1 Å². The van der Waals surface area contributed by atoms with E-state index in [1.165, 1.54) is 11.8 Å². The summed E-state index contributed by atoms with van der Waals surface area (Å²) in [7, 11) is 0. The van der Waals surface area contributed by atoms with E-state index in [-0.39, 0.29) is 18.4 Å². The number of rotatable bonds is 5. The summed E-state index contributed by atoms with van der Waals surface area (Å²) in [6, 6.07) is 7.82. The van der Waals surface area contributed by atoms with E-state index in [9.17, 15) is 9.59 Å². The van der Waals surface area contributed by atoms with Crippen molar-refractivity contribution in [3.63, 3.8) is 0 Å². The summed E-state index contributed by atoms with van der Waals surface area (Å²) >= 11 is 1.54. The Balaban J connectivity index is 1.47. The van der Waals surface area contributed by atoms with E-state index < -0.39 is 0 Å². The van der Waals surface area contributed by atoms with Crippen LogP contribution < -0.4 is 5.32 Å². The van der Waals surface area contributed by atoms with Crippen molar-refractivity contribution in [2.75, 3.05) is 24.7 Å². The zero-order valence-corrected chi connectivity index (χ0v) is 12.3. The number of imidazole rings is 1. The zero-order chi connectivity index (χ0) is 14.7. The summed E-state index contributed by atoms with van der Waals surface area (Å²) < 4.78 is 0. The van der Waals surface area contributed by atoms with Gasteiger partial charge in [-0.3, -0.25) is 9.59 Å². The number of thioether (sulfide) groups is 1. The highest BCUT2D eigenvalue weighted by molar-refractivity contribution is 8.00. The lowest BCUT2D eigenvalue weighted by Crippen LogP contribution is -2.38. The first-order valence-corrected chi connectivity index (χ1v) is 7.94. The molecule has 2 amide bonds. The van der Waals surface area contributed by atoms with Gasteiger partial charge in [-0.1, -0.05) is 12.1 Å². The molecule has 110 valence electrons. The number of nitrogens with zero attached hydrogens (tertiary/aromatic N) is 2. The van der Waals surface area contributed by atoms with Crippen molar-refractivity contribution in [1.29, 1.82) is 0 Å². The maximum Gasteiger partial charge on any atom is 0.239 e. The molecule has 6 nitrogen and oxygen atoms in total. The molecule has 0 bridgehead atoms. The molecule has 0 spiro atoms. The Bertz CT molecular complexity index is 637. The van der Waals surface area contributed by atoms with Gasteiger partial charge >= 0.3 is 0 Å². The van der Waals surface area contributed by atoms with E-state index in [0.29, 0.717) is 24.6 Å². The predicted octanol–water partition coefficient (Wildman–Crippen LogP) is 0.754. The zero-order valence-electron chi connectivity index (χ0n) is 11.5. The third-order valence-corrected chi connectivity index (χ3v) is 4.23. The number of H-pyrrole nitrogens is 1. The molecule has 1 fully saturated rings. The van der Waals surface area contributed by atoms with Gasteiger partial charge in [0, 0.05) is 13.0 Å². The Labute approximate surface area is 126 Å². The minimum Gasteiger partial charge on any atom is -0.354 e. The average molecular weight is 304 g/mol. The van der Waals surface area contributed by atoms with Crippen LogP contribution in [0.15, 0.2) is 24.3 Å². The molecule has 0 aliphatic carbocycles. The maximum absolute atomic E-state index is 11.8. The molecular weight excluding hydrogens is 288 g/mol. The lowest BCUT2D eigenvalue weighted by atomic mass is 10.3. The SMILES string of the molecule is O=C(CN1CSCC1=O)NCCc1nc2ccccc2[nH]1. The molecule has 2 heterocycles. The van der Waals surface area contributed by atoms with Crippen LogP contribution in [0.1, 0.15) is 5.82 Å². The monoisotopic (exact) mass is 304 g/mol. The molecule has 1 aromatic carbocycles. The number of amides is 2. The van der Waals surface area contributed by atoms with Gasteiger partial charge < -0.3 is 15.2 Å². The van der Waals surface area contributed by atoms with Gasteiger partial charge in [0.15, 0.2) is 0 Å². The number of carbonyl (C=O) groups is 2. The first-order chi connectivity index (χ1) is 10.2.